The molecule has 3 heterocycles. The van der Waals surface area contributed by atoms with Gasteiger partial charge in [-0.25, -0.2) is 9.78 Å². The molecule has 4 unspecified atom stereocenters. The zero-order valence-electron chi connectivity index (χ0n) is 19.6. The summed E-state index contributed by atoms with van der Waals surface area (Å²) in [6, 6.07) is 9.64. The summed E-state index contributed by atoms with van der Waals surface area (Å²) < 4.78 is 7.05. The monoisotopic (exact) mass is 449 g/mol. The van der Waals surface area contributed by atoms with Gasteiger partial charge in [-0.2, -0.15) is 0 Å². The quantitative estimate of drug-likeness (QED) is 0.633. The molecule has 0 radical (unpaired) electrons. The van der Waals surface area contributed by atoms with Crippen LogP contribution in [0.1, 0.15) is 87.7 Å². The lowest BCUT2D eigenvalue weighted by atomic mass is 9.69. The molecule has 33 heavy (non-hydrogen) atoms. The van der Waals surface area contributed by atoms with E-state index in [0.29, 0.717) is 17.6 Å². The summed E-state index contributed by atoms with van der Waals surface area (Å²) in [7, 11) is 0. The van der Waals surface area contributed by atoms with Crippen molar-refractivity contribution < 1.29 is 9.53 Å². The van der Waals surface area contributed by atoms with Crippen LogP contribution < -0.4 is 5.56 Å². The number of piperidine rings is 1. The molecule has 176 valence electrons. The van der Waals surface area contributed by atoms with Crippen molar-refractivity contribution in [1.29, 1.82) is 0 Å². The number of carbonyl (C=O) groups is 1. The molecule has 4 bridgehead atoms. The minimum Gasteiger partial charge on any atom is -0.461 e. The minimum atomic E-state index is -0.615. The highest BCUT2D eigenvalue weighted by atomic mass is 16.5. The Morgan fingerprint density at radius 3 is 2.33 bits per heavy atom. The smallest absolute Gasteiger partial charge is 0.362 e. The van der Waals surface area contributed by atoms with E-state index in [4.69, 9.17) is 4.74 Å². The third-order valence-corrected chi connectivity index (χ3v) is 8.92. The molecule has 0 spiro atoms. The van der Waals surface area contributed by atoms with Crippen LogP contribution in [0, 0.1) is 11.8 Å². The number of hydrogen-bond donors (Lipinski definition) is 0. The van der Waals surface area contributed by atoms with Gasteiger partial charge in [-0.1, -0.05) is 31.4 Å². The molecule has 6 heteroatoms. The molecule has 6 nitrogen and oxygen atoms in total. The second-order valence-electron chi connectivity index (χ2n) is 10.8. The standard InChI is InChI=1S/C27H35N3O3/c1-2-33-27(32)25-26(31)30(24-9-4-3-8-23(24)28-25)22-15-19-10-11-20(16-22)29(19)21-13-17-6-5-7-18(12-17)14-21/h3-4,8-9,17-22H,2,5-7,10-16H2,1H3. The molecule has 6 rings (SSSR count). The van der Waals surface area contributed by atoms with Crippen molar-refractivity contribution in [3.8, 4) is 0 Å². The van der Waals surface area contributed by atoms with Crippen molar-refractivity contribution in [3.63, 3.8) is 0 Å². The number of fused-ring (bicyclic) bond motifs is 5. The number of ether oxygens (including phenoxy) is 1. The Hall–Kier alpha value is -2.21. The maximum absolute atomic E-state index is 13.5. The number of para-hydroxylation sites is 2. The number of nitrogens with zero attached hydrogens (tertiary/aromatic N) is 3. The molecular formula is C27H35N3O3. The summed E-state index contributed by atoms with van der Waals surface area (Å²) in [5, 5.41) is 0. The van der Waals surface area contributed by atoms with E-state index in [-0.39, 0.29) is 23.9 Å². The molecule has 4 atom stereocenters. The fraction of sp³-hybridized carbons (Fsp3) is 0.667. The van der Waals surface area contributed by atoms with Gasteiger partial charge in [0.15, 0.2) is 0 Å². The number of carbonyl (C=O) groups excluding carboxylic acids is 1. The van der Waals surface area contributed by atoms with Gasteiger partial charge in [-0.3, -0.25) is 9.69 Å². The highest BCUT2D eigenvalue weighted by Crippen LogP contribution is 2.48. The van der Waals surface area contributed by atoms with E-state index in [1.165, 1.54) is 51.4 Å². The molecule has 2 saturated carbocycles. The normalized spacial score (nSPS) is 33.8. The van der Waals surface area contributed by atoms with Crippen LogP contribution in [0.25, 0.3) is 11.0 Å². The lowest BCUT2D eigenvalue weighted by molar-refractivity contribution is 0.00784. The minimum absolute atomic E-state index is 0.0783. The van der Waals surface area contributed by atoms with Gasteiger partial charge in [-0.05, 0) is 75.8 Å². The van der Waals surface area contributed by atoms with Crippen molar-refractivity contribution in [3.05, 3.63) is 40.3 Å². The van der Waals surface area contributed by atoms with Crippen molar-refractivity contribution in [2.75, 3.05) is 6.61 Å². The molecule has 2 aliphatic heterocycles. The molecule has 0 amide bonds. The maximum atomic E-state index is 13.5. The van der Waals surface area contributed by atoms with Crippen molar-refractivity contribution >= 4 is 17.0 Å². The second kappa shape index (κ2) is 8.53. The predicted molar refractivity (Wildman–Crippen MR) is 127 cm³/mol. The van der Waals surface area contributed by atoms with E-state index < -0.39 is 5.97 Å². The topological polar surface area (TPSA) is 64.4 Å². The van der Waals surface area contributed by atoms with Gasteiger partial charge in [0.25, 0.3) is 5.56 Å². The molecule has 2 aromatic rings. The molecule has 4 fully saturated rings. The molecule has 0 N–H and O–H groups in total. The van der Waals surface area contributed by atoms with Crippen LogP contribution in [-0.4, -0.2) is 45.2 Å². The zero-order valence-corrected chi connectivity index (χ0v) is 19.6. The Labute approximate surface area is 195 Å². The summed E-state index contributed by atoms with van der Waals surface area (Å²) in [4.78, 5) is 33.3. The molecule has 1 aromatic carbocycles. The van der Waals surface area contributed by atoms with E-state index in [9.17, 15) is 9.59 Å². The maximum Gasteiger partial charge on any atom is 0.362 e. The number of aromatic nitrogens is 2. The first-order valence-corrected chi connectivity index (χ1v) is 13.1. The summed E-state index contributed by atoms with van der Waals surface area (Å²) in [5.41, 5.74) is 1.15. The van der Waals surface area contributed by atoms with Gasteiger partial charge < -0.3 is 9.30 Å². The second-order valence-corrected chi connectivity index (χ2v) is 10.8. The Morgan fingerprint density at radius 1 is 0.939 bits per heavy atom. The molecule has 1 aromatic heterocycles. The van der Waals surface area contributed by atoms with Gasteiger partial charge >= 0.3 is 5.97 Å². The Balaban J connectivity index is 1.32. The Bertz CT molecular complexity index is 1090. The van der Waals surface area contributed by atoms with Gasteiger partial charge in [-0.15, -0.1) is 0 Å². The number of hydrogen-bond acceptors (Lipinski definition) is 5. The van der Waals surface area contributed by atoms with Crippen LogP contribution in [0.2, 0.25) is 0 Å². The summed E-state index contributed by atoms with van der Waals surface area (Å²) in [5.74, 6) is 1.24. The summed E-state index contributed by atoms with van der Waals surface area (Å²) in [6.45, 7) is 1.99. The molecule has 4 aliphatic rings. The van der Waals surface area contributed by atoms with E-state index in [2.05, 4.69) is 9.88 Å². The van der Waals surface area contributed by atoms with Crippen molar-refractivity contribution in [1.82, 2.24) is 14.5 Å². The zero-order chi connectivity index (χ0) is 22.5. The Kier molecular flexibility index (Phi) is 5.52. The van der Waals surface area contributed by atoms with Gasteiger partial charge in [0.05, 0.1) is 17.6 Å². The number of esters is 1. The van der Waals surface area contributed by atoms with Gasteiger partial charge in [0.2, 0.25) is 5.69 Å². The highest BCUT2D eigenvalue weighted by Gasteiger charge is 2.47. The third-order valence-electron chi connectivity index (χ3n) is 8.92. The lowest BCUT2D eigenvalue weighted by Crippen LogP contribution is -2.52. The fourth-order valence-corrected chi connectivity index (χ4v) is 7.78. The van der Waals surface area contributed by atoms with Crippen LogP contribution in [0.15, 0.2) is 29.1 Å². The number of rotatable bonds is 4. The Morgan fingerprint density at radius 2 is 1.64 bits per heavy atom. The predicted octanol–water partition coefficient (Wildman–Crippen LogP) is 4.71. The van der Waals surface area contributed by atoms with E-state index in [1.54, 1.807) is 6.92 Å². The average molecular weight is 450 g/mol. The van der Waals surface area contributed by atoms with Crippen LogP contribution >= 0.6 is 0 Å². The first-order valence-electron chi connectivity index (χ1n) is 13.1. The first kappa shape index (κ1) is 21.3. The van der Waals surface area contributed by atoms with Crippen LogP contribution in [0.5, 0.6) is 0 Å². The highest BCUT2D eigenvalue weighted by molar-refractivity contribution is 5.89. The summed E-state index contributed by atoms with van der Waals surface area (Å²) >= 11 is 0. The molecule has 2 saturated heterocycles. The first-order chi connectivity index (χ1) is 16.1. The van der Waals surface area contributed by atoms with E-state index in [0.717, 1.165) is 36.2 Å². The average Bonchev–Trinajstić information content (AvgIpc) is 3.08. The lowest BCUT2D eigenvalue weighted by Gasteiger charge is -2.49. The van der Waals surface area contributed by atoms with E-state index in [1.807, 2.05) is 28.8 Å². The summed E-state index contributed by atoms with van der Waals surface area (Å²) in [6.07, 6.45) is 12.9. The molecular weight excluding hydrogens is 414 g/mol. The molecule has 2 aliphatic carbocycles. The van der Waals surface area contributed by atoms with E-state index >= 15 is 0 Å². The van der Waals surface area contributed by atoms with Crippen LogP contribution in [0.3, 0.4) is 0 Å². The number of benzene rings is 1. The SMILES string of the molecule is CCOC(=O)c1nc2ccccc2n(C2CC3CCC(C2)N3C2CC3CCCC(C3)C2)c1=O. The largest absolute Gasteiger partial charge is 0.461 e. The van der Waals surface area contributed by atoms with Gasteiger partial charge in [0.1, 0.15) is 0 Å². The van der Waals surface area contributed by atoms with Crippen molar-refractivity contribution in [2.45, 2.75) is 95.3 Å². The van der Waals surface area contributed by atoms with Crippen molar-refractivity contribution in [2.24, 2.45) is 11.8 Å². The van der Waals surface area contributed by atoms with Gasteiger partial charge in [0, 0.05) is 24.2 Å². The fourth-order valence-electron chi connectivity index (χ4n) is 7.78. The van der Waals surface area contributed by atoms with Crippen LogP contribution in [-0.2, 0) is 4.74 Å². The van der Waals surface area contributed by atoms with Crippen LogP contribution in [0.4, 0.5) is 0 Å². The third kappa shape index (κ3) is 3.71.